The molecule has 0 amide bonds. The molecule has 2 aliphatic rings. The van der Waals surface area contributed by atoms with Gasteiger partial charge in [0, 0.05) is 24.5 Å². The van der Waals surface area contributed by atoms with Gasteiger partial charge in [-0.05, 0) is 13.5 Å². The third-order valence-electron chi connectivity index (χ3n) is 2.42. The Morgan fingerprint density at radius 3 is 2.25 bits per heavy atom. The normalized spacial score (nSPS) is 42.0. The van der Waals surface area contributed by atoms with Crippen LogP contribution >= 0.6 is 0 Å². The van der Waals surface area contributed by atoms with Gasteiger partial charge in [-0.15, -0.1) is 0 Å². The molecule has 2 heteroatoms. The minimum atomic E-state index is 0.540. The minimum absolute atomic E-state index is 0.540. The molecular formula is C6H12N2. The SMILES string of the molecule is CN1CC2(CC2N)C1. The van der Waals surface area contributed by atoms with Gasteiger partial charge >= 0.3 is 0 Å². The predicted molar refractivity (Wildman–Crippen MR) is 32.5 cm³/mol. The molecule has 0 aromatic carbocycles. The number of hydrogen-bond donors (Lipinski definition) is 1. The summed E-state index contributed by atoms with van der Waals surface area (Å²) in [7, 11) is 2.15. The molecule has 0 radical (unpaired) electrons. The molecule has 1 saturated heterocycles. The molecule has 0 aromatic heterocycles. The van der Waals surface area contributed by atoms with Crippen LogP contribution in [0.3, 0.4) is 0 Å². The molecule has 1 saturated carbocycles. The van der Waals surface area contributed by atoms with E-state index in [1.165, 1.54) is 19.5 Å². The van der Waals surface area contributed by atoms with Crippen molar-refractivity contribution in [2.75, 3.05) is 20.1 Å². The highest BCUT2D eigenvalue weighted by atomic mass is 15.2. The van der Waals surface area contributed by atoms with E-state index in [9.17, 15) is 0 Å². The van der Waals surface area contributed by atoms with Crippen LogP contribution in [0, 0.1) is 5.41 Å². The Bertz CT molecular complexity index is 116. The number of nitrogens with two attached hydrogens (primary N) is 1. The van der Waals surface area contributed by atoms with Gasteiger partial charge in [0.05, 0.1) is 0 Å². The Balaban J connectivity index is 1.96. The summed E-state index contributed by atoms with van der Waals surface area (Å²) in [6, 6.07) is 0.540. The summed E-state index contributed by atoms with van der Waals surface area (Å²) in [5.41, 5.74) is 6.30. The number of nitrogens with zero attached hydrogens (tertiary/aromatic N) is 1. The fourth-order valence-electron chi connectivity index (χ4n) is 1.77. The second-order valence-electron chi connectivity index (χ2n) is 3.35. The summed E-state index contributed by atoms with van der Waals surface area (Å²) in [6.45, 7) is 2.49. The highest BCUT2D eigenvalue weighted by Gasteiger charge is 2.58. The van der Waals surface area contributed by atoms with Crippen LogP contribution in [0.1, 0.15) is 6.42 Å². The minimum Gasteiger partial charge on any atom is -0.327 e. The Morgan fingerprint density at radius 1 is 1.62 bits per heavy atom. The molecule has 8 heavy (non-hydrogen) atoms. The zero-order valence-corrected chi connectivity index (χ0v) is 5.22. The maximum Gasteiger partial charge on any atom is 0.0127 e. The first-order chi connectivity index (χ1) is 3.73. The first-order valence-electron chi connectivity index (χ1n) is 3.17. The van der Waals surface area contributed by atoms with Crippen molar-refractivity contribution >= 4 is 0 Å². The van der Waals surface area contributed by atoms with Gasteiger partial charge in [-0.1, -0.05) is 0 Å². The topological polar surface area (TPSA) is 29.3 Å². The fraction of sp³-hybridized carbons (Fsp3) is 1.00. The molecule has 2 nitrogen and oxygen atoms in total. The van der Waals surface area contributed by atoms with Crippen molar-refractivity contribution in [3.8, 4) is 0 Å². The van der Waals surface area contributed by atoms with E-state index in [-0.39, 0.29) is 0 Å². The first-order valence-corrected chi connectivity index (χ1v) is 3.17. The Kier molecular flexibility index (Phi) is 0.649. The third kappa shape index (κ3) is 0.400. The van der Waals surface area contributed by atoms with Crippen LogP contribution in [-0.2, 0) is 0 Å². The van der Waals surface area contributed by atoms with Crippen molar-refractivity contribution in [3.63, 3.8) is 0 Å². The van der Waals surface area contributed by atoms with Gasteiger partial charge in [-0.3, -0.25) is 0 Å². The van der Waals surface area contributed by atoms with Crippen LogP contribution in [0.15, 0.2) is 0 Å². The number of likely N-dealkylation sites (tertiary alicyclic amines) is 1. The number of rotatable bonds is 0. The van der Waals surface area contributed by atoms with Crippen molar-refractivity contribution in [1.82, 2.24) is 4.90 Å². The van der Waals surface area contributed by atoms with E-state index in [1.807, 2.05) is 0 Å². The molecule has 2 N–H and O–H groups in total. The van der Waals surface area contributed by atoms with Crippen LogP contribution in [0.5, 0.6) is 0 Å². The van der Waals surface area contributed by atoms with Crippen LogP contribution < -0.4 is 5.73 Å². The molecule has 1 unspecified atom stereocenters. The van der Waals surface area contributed by atoms with E-state index in [0.717, 1.165) is 0 Å². The lowest BCUT2D eigenvalue weighted by Gasteiger charge is -2.37. The van der Waals surface area contributed by atoms with Gasteiger partial charge in [0.2, 0.25) is 0 Å². The highest BCUT2D eigenvalue weighted by molar-refractivity contribution is 5.14. The summed E-state index contributed by atoms with van der Waals surface area (Å²) in [5, 5.41) is 0. The van der Waals surface area contributed by atoms with E-state index in [2.05, 4.69) is 11.9 Å². The molecule has 1 heterocycles. The molecule has 1 aliphatic carbocycles. The van der Waals surface area contributed by atoms with Crippen LogP contribution in [0.2, 0.25) is 0 Å². The van der Waals surface area contributed by atoms with Crippen molar-refractivity contribution in [2.24, 2.45) is 11.1 Å². The van der Waals surface area contributed by atoms with E-state index in [0.29, 0.717) is 11.5 Å². The summed E-state index contributed by atoms with van der Waals surface area (Å²) in [4.78, 5) is 2.33. The second-order valence-corrected chi connectivity index (χ2v) is 3.35. The van der Waals surface area contributed by atoms with Gasteiger partial charge in [0.1, 0.15) is 0 Å². The Morgan fingerprint density at radius 2 is 2.12 bits per heavy atom. The molecule has 1 spiro atoms. The largest absolute Gasteiger partial charge is 0.327 e. The fourth-order valence-corrected chi connectivity index (χ4v) is 1.77. The van der Waals surface area contributed by atoms with E-state index in [4.69, 9.17) is 5.73 Å². The zero-order valence-electron chi connectivity index (χ0n) is 5.22. The second kappa shape index (κ2) is 1.09. The van der Waals surface area contributed by atoms with Crippen LogP contribution in [0.4, 0.5) is 0 Å². The average molecular weight is 112 g/mol. The zero-order chi connectivity index (χ0) is 5.78. The van der Waals surface area contributed by atoms with Gasteiger partial charge in [-0.25, -0.2) is 0 Å². The van der Waals surface area contributed by atoms with Crippen molar-refractivity contribution in [3.05, 3.63) is 0 Å². The first kappa shape index (κ1) is 4.77. The summed E-state index contributed by atoms with van der Waals surface area (Å²) < 4.78 is 0. The van der Waals surface area contributed by atoms with Crippen LogP contribution in [-0.4, -0.2) is 31.1 Å². The monoisotopic (exact) mass is 112 g/mol. The molecular weight excluding hydrogens is 100 g/mol. The van der Waals surface area contributed by atoms with Crippen LogP contribution in [0.25, 0.3) is 0 Å². The van der Waals surface area contributed by atoms with Gasteiger partial charge < -0.3 is 10.6 Å². The maximum atomic E-state index is 5.70. The standard InChI is InChI=1S/C6H12N2/c1-8-3-6(4-8)2-5(6)7/h5H,2-4,7H2,1H3. The third-order valence-corrected chi connectivity index (χ3v) is 2.42. The highest BCUT2D eigenvalue weighted by Crippen LogP contribution is 2.50. The predicted octanol–water partition coefficient (Wildman–Crippen LogP) is -0.351. The molecule has 1 atom stereocenters. The van der Waals surface area contributed by atoms with E-state index in [1.54, 1.807) is 0 Å². The van der Waals surface area contributed by atoms with E-state index >= 15 is 0 Å². The Labute approximate surface area is 49.7 Å². The molecule has 46 valence electrons. The molecule has 0 bridgehead atoms. The summed E-state index contributed by atoms with van der Waals surface area (Å²) in [5.74, 6) is 0. The van der Waals surface area contributed by atoms with Gasteiger partial charge in [0.15, 0.2) is 0 Å². The molecule has 0 aromatic rings. The van der Waals surface area contributed by atoms with Crippen molar-refractivity contribution < 1.29 is 0 Å². The Hall–Kier alpha value is -0.0800. The summed E-state index contributed by atoms with van der Waals surface area (Å²) >= 11 is 0. The molecule has 2 fully saturated rings. The maximum absolute atomic E-state index is 5.70. The lowest BCUT2D eigenvalue weighted by molar-refractivity contribution is 0.109. The average Bonchev–Trinajstić information content (AvgIpc) is 2.13. The van der Waals surface area contributed by atoms with Gasteiger partial charge in [0.25, 0.3) is 0 Å². The lowest BCUT2D eigenvalue weighted by atomic mass is 9.97. The quantitative estimate of drug-likeness (QED) is 0.464. The van der Waals surface area contributed by atoms with Crippen molar-refractivity contribution in [1.29, 1.82) is 0 Å². The summed E-state index contributed by atoms with van der Waals surface area (Å²) in [6.07, 6.45) is 1.28. The molecule has 1 aliphatic heterocycles. The number of hydrogen-bond acceptors (Lipinski definition) is 2. The van der Waals surface area contributed by atoms with E-state index < -0.39 is 0 Å². The smallest absolute Gasteiger partial charge is 0.0127 e. The molecule has 2 rings (SSSR count). The lowest BCUT2D eigenvalue weighted by Crippen LogP contribution is -2.48. The van der Waals surface area contributed by atoms with Crippen molar-refractivity contribution in [2.45, 2.75) is 12.5 Å². The van der Waals surface area contributed by atoms with Gasteiger partial charge in [-0.2, -0.15) is 0 Å².